The summed E-state index contributed by atoms with van der Waals surface area (Å²) in [5, 5.41) is 0. The Bertz CT molecular complexity index is 219. The predicted molar refractivity (Wildman–Crippen MR) is 51.8 cm³/mol. The molecule has 0 aromatic rings. The van der Waals surface area contributed by atoms with E-state index in [1.165, 1.54) is 0 Å². The van der Waals surface area contributed by atoms with E-state index in [0.29, 0.717) is 0 Å². The van der Waals surface area contributed by atoms with Gasteiger partial charge in [-0.2, -0.15) is 0 Å². The molecule has 0 saturated heterocycles. The first kappa shape index (κ1) is 9.63. The van der Waals surface area contributed by atoms with Gasteiger partial charge in [0.2, 0.25) is 0 Å². The van der Waals surface area contributed by atoms with E-state index in [9.17, 15) is 0 Å². The molecule has 0 aromatic carbocycles. The average Bonchev–Trinajstić information content (AvgIpc) is 2.03. The Kier molecular flexibility index (Phi) is 4.74. The molecule has 0 fully saturated rings. The third-order valence-electron chi connectivity index (χ3n) is 1.10. The monoisotopic (exact) mass is 147 g/mol. The Hall–Kier alpha value is -1.37. The molecule has 0 heterocycles. The molecule has 0 atom stereocenters. The van der Waals surface area contributed by atoms with Crippen LogP contribution in [0.1, 0.15) is 6.92 Å². The van der Waals surface area contributed by atoms with Gasteiger partial charge in [0.05, 0.1) is 5.70 Å². The molecule has 0 saturated carbocycles. The van der Waals surface area contributed by atoms with E-state index in [0.717, 1.165) is 11.4 Å². The topological polar surface area (TPSA) is 12.4 Å². The Morgan fingerprint density at radius 3 is 2.18 bits per heavy atom. The second-order valence-electron chi connectivity index (χ2n) is 1.99. The summed E-state index contributed by atoms with van der Waals surface area (Å²) < 4.78 is 0. The van der Waals surface area contributed by atoms with Gasteiger partial charge in [-0.15, -0.1) is 0 Å². The van der Waals surface area contributed by atoms with E-state index in [-0.39, 0.29) is 0 Å². The van der Waals surface area contributed by atoms with Crippen LogP contribution in [-0.4, -0.2) is 5.71 Å². The zero-order valence-electron chi connectivity index (χ0n) is 6.88. The van der Waals surface area contributed by atoms with Gasteiger partial charge in [0.15, 0.2) is 0 Å². The molecule has 0 aliphatic heterocycles. The highest BCUT2D eigenvalue weighted by molar-refractivity contribution is 5.93. The molecule has 0 spiro atoms. The highest BCUT2D eigenvalue weighted by atomic mass is 14.7. The second kappa shape index (κ2) is 5.42. The van der Waals surface area contributed by atoms with E-state index in [1.54, 1.807) is 24.3 Å². The van der Waals surface area contributed by atoms with Gasteiger partial charge in [-0.3, -0.25) is 4.99 Å². The van der Waals surface area contributed by atoms with Crippen LogP contribution in [0.3, 0.4) is 0 Å². The first-order valence-electron chi connectivity index (χ1n) is 3.37. The van der Waals surface area contributed by atoms with Gasteiger partial charge in [0.25, 0.3) is 0 Å². The largest absolute Gasteiger partial charge is 0.254 e. The Balaban J connectivity index is 4.53. The molecule has 0 aromatic heterocycles. The van der Waals surface area contributed by atoms with Crippen LogP contribution >= 0.6 is 0 Å². The number of hydrogen-bond acceptors (Lipinski definition) is 1. The molecule has 0 amide bonds. The van der Waals surface area contributed by atoms with Crippen molar-refractivity contribution in [2.45, 2.75) is 6.92 Å². The van der Waals surface area contributed by atoms with Crippen LogP contribution in [0.15, 0.2) is 54.7 Å². The zero-order valence-corrected chi connectivity index (χ0v) is 6.88. The van der Waals surface area contributed by atoms with E-state index in [2.05, 4.69) is 24.7 Å². The fourth-order valence-electron chi connectivity index (χ4n) is 0.521. The van der Waals surface area contributed by atoms with Crippen molar-refractivity contribution in [3.05, 3.63) is 49.7 Å². The molecule has 58 valence electrons. The maximum atomic E-state index is 4.17. The van der Waals surface area contributed by atoms with Crippen molar-refractivity contribution in [3.8, 4) is 0 Å². The number of hydrogen-bond donors (Lipinski definition) is 0. The zero-order chi connectivity index (χ0) is 8.69. The number of aliphatic imine (C=N–C) groups is 1. The summed E-state index contributed by atoms with van der Waals surface area (Å²) in [5.41, 5.74) is 1.68. The predicted octanol–water partition coefficient (Wildman–Crippen LogP) is 2.89. The molecular weight excluding hydrogens is 134 g/mol. The van der Waals surface area contributed by atoms with E-state index in [4.69, 9.17) is 0 Å². The lowest BCUT2D eigenvalue weighted by Gasteiger charge is -1.92. The molecule has 1 heteroatoms. The molecule has 1 nitrogen and oxygen atoms in total. The highest BCUT2D eigenvalue weighted by Gasteiger charge is 1.84. The molecule has 0 rings (SSSR count). The summed E-state index contributed by atoms with van der Waals surface area (Å²) in [7, 11) is 0. The third kappa shape index (κ3) is 4.09. The SMILES string of the molecule is C=C/C=C(/C=C)N=C(C)C=C. The van der Waals surface area contributed by atoms with Crippen molar-refractivity contribution in [1.82, 2.24) is 0 Å². The fraction of sp³-hybridized carbons (Fsp3) is 0.100. The van der Waals surface area contributed by atoms with Crippen molar-refractivity contribution in [2.24, 2.45) is 4.99 Å². The lowest BCUT2D eigenvalue weighted by Crippen LogP contribution is -1.83. The molecular formula is C10H13N. The van der Waals surface area contributed by atoms with Crippen LogP contribution in [0.2, 0.25) is 0 Å². The van der Waals surface area contributed by atoms with Crippen LogP contribution in [0, 0.1) is 0 Å². The summed E-state index contributed by atoms with van der Waals surface area (Å²) in [6.45, 7) is 12.6. The minimum Gasteiger partial charge on any atom is -0.254 e. The quantitative estimate of drug-likeness (QED) is 0.428. The first-order valence-corrected chi connectivity index (χ1v) is 3.37. The van der Waals surface area contributed by atoms with Crippen molar-refractivity contribution in [1.29, 1.82) is 0 Å². The van der Waals surface area contributed by atoms with Crippen molar-refractivity contribution in [2.75, 3.05) is 0 Å². The molecule has 0 aliphatic carbocycles. The maximum Gasteiger partial charge on any atom is 0.0626 e. The second-order valence-corrected chi connectivity index (χ2v) is 1.99. The van der Waals surface area contributed by atoms with Crippen molar-refractivity contribution < 1.29 is 0 Å². The van der Waals surface area contributed by atoms with Crippen LogP contribution < -0.4 is 0 Å². The summed E-state index contributed by atoms with van der Waals surface area (Å²) >= 11 is 0. The minimum absolute atomic E-state index is 0.803. The van der Waals surface area contributed by atoms with E-state index in [1.807, 2.05) is 6.92 Å². The van der Waals surface area contributed by atoms with Gasteiger partial charge < -0.3 is 0 Å². The Labute approximate surface area is 68.2 Å². The first-order chi connectivity index (χ1) is 5.24. The molecule has 0 radical (unpaired) electrons. The lowest BCUT2D eigenvalue weighted by molar-refractivity contribution is 1.40. The minimum atomic E-state index is 0.803. The fourth-order valence-corrected chi connectivity index (χ4v) is 0.521. The van der Waals surface area contributed by atoms with Gasteiger partial charge in [0, 0.05) is 5.71 Å². The number of allylic oxidation sites excluding steroid dienone is 4. The van der Waals surface area contributed by atoms with Crippen LogP contribution in [0.4, 0.5) is 0 Å². The van der Waals surface area contributed by atoms with Gasteiger partial charge in [-0.05, 0) is 25.2 Å². The maximum absolute atomic E-state index is 4.17. The Morgan fingerprint density at radius 2 is 1.82 bits per heavy atom. The summed E-state index contributed by atoms with van der Waals surface area (Å²) in [5.74, 6) is 0. The van der Waals surface area contributed by atoms with Gasteiger partial charge in [-0.25, -0.2) is 0 Å². The lowest BCUT2D eigenvalue weighted by atomic mass is 10.3. The van der Waals surface area contributed by atoms with Gasteiger partial charge in [0.1, 0.15) is 0 Å². The smallest absolute Gasteiger partial charge is 0.0626 e. The van der Waals surface area contributed by atoms with Crippen LogP contribution in [-0.2, 0) is 0 Å². The van der Waals surface area contributed by atoms with Crippen LogP contribution in [0.5, 0.6) is 0 Å². The Morgan fingerprint density at radius 1 is 1.18 bits per heavy atom. The average molecular weight is 147 g/mol. The molecule has 0 N–H and O–H groups in total. The summed E-state index contributed by atoms with van der Waals surface area (Å²) in [6, 6.07) is 0. The van der Waals surface area contributed by atoms with Crippen LogP contribution in [0.25, 0.3) is 0 Å². The third-order valence-corrected chi connectivity index (χ3v) is 1.10. The highest BCUT2D eigenvalue weighted by Crippen LogP contribution is 1.98. The van der Waals surface area contributed by atoms with Crippen molar-refractivity contribution in [3.63, 3.8) is 0 Å². The van der Waals surface area contributed by atoms with E-state index >= 15 is 0 Å². The molecule has 11 heavy (non-hydrogen) atoms. The summed E-state index contributed by atoms with van der Waals surface area (Å²) in [4.78, 5) is 4.17. The standard InChI is InChI=1S/C10H13N/c1-5-8-10(7-3)11-9(4)6-2/h5-8H,1-3H2,4H3/b10-8-,11-9?. The normalized spacial score (nSPS) is 12.5. The van der Waals surface area contributed by atoms with Gasteiger partial charge >= 0.3 is 0 Å². The molecule has 0 unspecified atom stereocenters. The number of nitrogens with zero attached hydrogens (tertiary/aromatic N) is 1. The van der Waals surface area contributed by atoms with Crippen molar-refractivity contribution >= 4 is 5.71 Å². The molecule has 0 aliphatic rings. The van der Waals surface area contributed by atoms with E-state index < -0.39 is 0 Å². The van der Waals surface area contributed by atoms with Gasteiger partial charge in [-0.1, -0.05) is 25.8 Å². The summed E-state index contributed by atoms with van der Waals surface area (Å²) in [6.07, 6.45) is 6.84. The molecule has 0 bridgehead atoms. The number of rotatable bonds is 4.